The third kappa shape index (κ3) is 2.39. The number of halogens is 1. The Labute approximate surface area is 118 Å². The van der Waals surface area contributed by atoms with E-state index in [1.807, 2.05) is 22.9 Å². The molecule has 0 radical (unpaired) electrons. The number of ether oxygens (including phenoxy) is 2. The van der Waals surface area contributed by atoms with Gasteiger partial charge in [0.25, 0.3) is 0 Å². The summed E-state index contributed by atoms with van der Waals surface area (Å²) in [6, 6.07) is 5.47. The number of para-hydroxylation sites is 1. The van der Waals surface area contributed by atoms with Crippen molar-refractivity contribution >= 4 is 27.3 Å². The first-order valence-corrected chi connectivity index (χ1v) is 7.03. The largest absolute Gasteiger partial charge is 0.493 e. The Morgan fingerprint density at radius 2 is 1.94 bits per heavy atom. The molecule has 0 aliphatic heterocycles. The standard InChI is InChI=1S/C13H13BrO3S/c1-16-11-5-3-4-8(13(11)17-2)12(15)9-6-18-7-10(9)14/h3-7,12,15H,1-2H3. The maximum atomic E-state index is 10.4. The Hall–Kier alpha value is -1.04. The molecule has 0 spiro atoms. The van der Waals surface area contributed by atoms with Gasteiger partial charge in [-0.1, -0.05) is 12.1 Å². The minimum Gasteiger partial charge on any atom is -0.493 e. The van der Waals surface area contributed by atoms with Crippen LogP contribution in [0.25, 0.3) is 0 Å². The monoisotopic (exact) mass is 328 g/mol. The van der Waals surface area contributed by atoms with Crippen molar-refractivity contribution < 1.29 is 14.6 Å². The summed E-state index contributed by atoms with van der Waals surface area (Å²) in [6.07, 6.45) is -0.740. The first kappa shape index (κ1) is 13.4. The second-order valence-electron chi connectivity index (χ2n) is 3.66. The fraction of sp³-hybridized carbons (Fsp3) is 0.231. The van der Waals surface area contributed by atoms with Gasteiger partial charge in [-0.2, -0.15) is 11.3 Å². The molecular weight excluding hydrogens is 316 g/mol. The van der Waals surface area contributed by atoms with Crippen molar-refractivity contribution in [3.05, 3.63) is 44.6 Å². The number of hydrogen-bond acceptors (Lipinski definition) is 4. The molecule has 2 rings (SSSR count). The van der Waals surface area contributed by atoms with Crippen molar-refractivity contribution in [1.29, 1.82) is 0 Å². The highest BCUT2D eigenvalue weighted by molar-refractivity contribution is 9.10. The molecule has 0 amide bonds. The van der Waals surface area contributed by atoms with Gasteiger partial charge in [0.1, 0.15) is 6.10 Å². The van der Waals surface area contributed by atoms with E-state index in [1.54, 1.807) is 20.3 Å². The predicted molar refractivity (Wildman–Crippen MR) is 75.6 cm³/mol. The van der Waals surface area contributed by atoms with Gasteiger partial charge in [0.05, 0.1) is 14.2 Å². The molecular formula is C13H13BrO3S. The van der Waals surface area contributed by atoms with Gasteiger partial charge in [0, 0.05) is 21.0 Å². The Morgan fingerprint density at radius 1 is 1.17 bits per heavy atom. The molecule has 2 aromatic rings. The van der Waals surface area contributed by atoms with Gasteiger partial charge in [0.15, 0.2) is 11.5 Å². The zero-order valence-corrected chi connectivity index (χ0v) is 12.4. The summed E-state index contributed by atoms with van der Waals surface area (Å²) >= 11 is 4.96. The predicted octanol–water partition coefficient (Wildman–Crippen LogP) is 3.61. The van der Waals surface area contributed by atoms with Crippen molar-refractivity contribution in [3.63, 3.8) is 0 Å². The molecule has 3 nitrogen and oxygen atoms in total. The van der Waals surface area contributed by atoms with Gasteiger partial charge in [-0.15, -0.1) is 0 Å². The van der Waals surface area contributed by atoms with E-state index >= 15 is 0 Å². The number of hydrogen-bond donors (Lipinski definition) is 1. The van der Waals surface area contributed by atoms with Crippen molar-refractivity contribution in [2.45, 2.75) is 6.10 Å². The Morgan fingerprint density at radius 3 is 2.50 bits per heavy atom. The van der Waals surface area contributed by atoms with Gasteiger partial charge in [-0.3, -0.25) is 0 Å². The third-order valence-corrected chi connectivity index (χ3v) is 4.42. The summed E-state index contributed by atoms with van der Waals surface area (Å²) in [5.74, 6) is 1.17. The zero-order valence-electron chi connectivity index (χ0n) is 10.0. The van der Waals surface area contributed by atoms with Crippen LogP contribution in [-0.4, -0.2) is 19.3 Å². The van der Waals surface area contributed by atoms with Crippen LogP contribution in [0.4, 0.5) is 0 Å². The number of methoxy groups -OCH3 is 2. The molecule has 1 N–H and O–H groups in total. The van der Waals surface area contributed by atoms with Gasteiger partial charge >= 0.3 is 0 Å². The lowest BCUT2D eigenvalue weighted by Crippen LogP contribution is -2.03. The van der Waals surface area contributed by atoms with Crippen LogP contribution < -0.4 is 9.47 Å². The van der Waals surface area contributed by atoms with Crippen molar-refractivity contribution in [2.24, 2.45) is 0 Å². The highest BCUT2D eigenvalue weighted by Gasteiger charge is 2.20. The van der Waals surface area contributed by atoms with Crippen molar-refractivity contribution in [3.8, 4) is 11.5 Å². The molecule has 1 aromatic heterocycles. The van der Waals surface area contributed by atoms with Gasteiger partial charge < -0.3 is 14.6 Å². The highest BCUT2D eigenvalue weighted by Crippen LogP contribution is 2.39. The average molecular weight is 329 g/mol. The molecule has 0 saturated heterocycles. The lowest BCUT2D eigenvalue weighted by molar-refractivity contribution is 0.213. The summed E-state index contributed by atoms with van der Waals surface area (Å²) in [6.45, 7) is 0. The van der Waals surface area contributed by atoms with Crippen LogP contribution in [0.3, 0.4) is 0 Å². The number of thiophene rings is 1. The Kier molecular flexibility index (Phi) is 4.27. The molecule has 0 aliphatic rings. The summed E-state index contributed by atoms with van der Waals surface area (Å²) in [7, 11) is 3.14. The summed E-state index contributed by atoms with van der Waals surface area (Å²) < 4.78 is 11.5. The lowest BCUT2D eigenvalue weighted by atomic mass is 10.0. The maximum Gasteiger partial charge on any atom is 0.166 e. The molecule has 0 bridgehead atoms. The van der Waals surface area contributed by atoms with Crippen LogP contribution in [-0.2, 0) is 0 Å². The van der Waals surface area contributed by atoms with E-state index in [0.29, 0.717) is 17.1 Å². The van der Waals surface area contributed by atoms with E-state index in [-0.39, 0.29) is 0 Å². The summed E-state index contributed by atoms with van der Waals surface area (Å²) in [5.41, 5.74) is 1.52. The fourth-order valence-corrected chi connectivity index (χ4v) is 3.31. The quantitative estimate of drug-likeness (QED) is 0.931. The molecule has 5 heteroatoms. The smallest absolute Gasteiger partial charge is 0.166 e. The number of aliphatic hydroxyl groups excluding tert-OH is 1. The van der Waals surface area contributed by atoms with Gasteiger partial charge in [0.2, 0.25) is 0 Å². The van der Waals surface area contributed by atoms with Crippen molar-refractivity contribution in [1.82, 2.24) is 0 Å². The SMILES string of the molecule is COc1cccc(C(O)c2cscc2Br)c1OC. The molecule has 18 heavy (non-hydrogen) atoms. The summed E-state index contributed by atoms with van der Waals surface area (Å²) in [5, 5.41) is 14.3. The van der Waals surface area contributed by atoms with Crippen LogP contribution in [0, 0.1) is 0 Å². The second kappa shape index (κ2) is 5.73. The van der Waals surface area contributed by atoms with E-state index in [2.05, 4.69) is 15.9 Å². The van der Waals surface area contributed by atoms with Crippen LogP contribution >= 0.6 is 27.3 Å². The van der Waals surface area contributed by atoms with Gasteiger partial charge in [-0.25, -0.2) is 0 Å². The minimum absolute atomic E-state index is 0.561. The second-order valence-corrected chi connectivity index (χ2v) is 5.26. The van der Waals surface area contributed by atoms with E-state index in [0.717, 1.165) is 10.0 Å². The molecule has 1 atom stereocenters. The molecule has 1 aromatic carbocycles. The van der Waals surface area contributed by atoms with E-state index in [1.165, 1.54) is 11.3 Å². The first-order valence-electron chi connectivity index (χ1n) is 5.29. The van der Waals surface area contributed by atoms with Crippen molar-refractivity contribution in [2.75, 3.05) is 14.2 Å². The molecule has 1 unspecified atom stereocenters. The highest BCUT2D eigenvalue weighted by atomic mass is 79.9. The van der Waals surface area contributed by atoms with Crippen LogP contribution in [0.15, 0.2) is 33.4 Å². The molecule has 1 heterocycles. The maximum absolute atomic E-state index is 10.4. The minimum atomic E-state index is -0.740. The number of rotatable bonds is 4. The number of aliphatic hydroxyl groups is 1. The molecule has 0 saturated carbocycles. The molecule has 0 fully saturated rings. The average Bonchev–Trinajstić information content (AvgIpc) is 2.83. The molecule has 96 valence electrons. The van der Waals surface area contributed by atoms with Gasteiger partial charge in [-0.05, 0) is 27.4 Å². The van der Waals surface area contributed by atoms with Crippen LogP contribution in [0.1, 0.15) is 17.2 Å². The number of benzene rings is 1. The lowest BCUT2D eigenvalue weighted by Gasteiger charge is -2.16. The van der Waals surface area contributed by atoms with E-state index < -0.39 is 6.10 Å². The Balaban J connectivity index is 2.48. The molecule has 0 aliphatic carbocycles. The third-order valence-electron chi connectivity index (χ3n) is 2.66. The first-order chi connectivity index (χ1) is 8.69. The van der Waals surface area contributed by atoms with Crippen LogP contribution in [0.5, 0.6) is 11.5 Å². The van der Waals surface area contributed by atoms with Crippen LogP contribution in [0.2, 0.25) is 0 Å². The normalized spacial score (nSPS) is 12.2. The Bertz CT molecular complexity index is 539. The van der Waals surface area contributed by atoms with E-state index in [9.17, 15) is 5.11 Å². The zero-order chi connectivity index (χ0) is 13.1. The van der Waals surface area contributed by atoms with E-state index in [4.69, 9.17) is 9.47 Å². The topological polar surface area (TPSA) is 38.7 Å². The summed E-state index contributed by atoms with van der Waals surface area (Å²) in [4.78, 5) is 0. The fourth-order valence-electron chi connectivity index (χ4n) is 1.78.